The predicted octanol–water partition coefficient (Wildman–Crippen LogP) is 6.58. The molecule has 0 fully saturated rings. The van der Waals surface area contributed by atoms with Crippen molar-refractivity contribution >= 4 is 16.1 Å². The zero-order valence-corrected chi connectivity index (χ0v) is 19.1. The molecule has 0 aromatic heterocycles. The number of hydrogen-bond acceptors (Lipinski definition) is 1. The summed E-state index contributed by atoms with van der Waals surface area (Å²) in [7, 11) is -2.91. The van der Waals surface area contributed by atoms with Crippen molar-refractivity contribution in [2.75, 3.05) is 0 Å². The fraction of sp³-hybridized carbons (Fsp3) is 0.800. The van der Waals surface area contributed by atoms with Gasteiger partial charge in [0.15, 0.2) is 0 Å². The molecule has 23 heavy (non-hydrogen) atoms. The molecule has 0 spiro atoms. The molecule has 0 unspecified atom stereocenters. The number of rotatable bonds is 11. The smallest absolute Gasteiger partial charge is 0.0778 e. The van der Waals surface area contributed by atoms with E-state index >= 15 is 0 Å². The Morgan fingerprint density at radius 2 is 1.17 bits per heavy atom. The van der Waals surface area contributed by atoms with Gasteiger partial charge in [-0.2, -0.15) is 0 Å². The van der Waals surface area contributed by atoms with Crippen molar-refractivity contribution in [3.05, 3.63) is 23.0 Å². The Morgan fingerprint density at radius 1 is 0.870 bits per heavy atom. The van der Waals surface area contributed by atoms with E-state index in [2.05, 4.69) is 61.1 Å². The Bertz CT molecular complexity index is 354. The molecule has 0 heterocycles. The number of hydrogen-bond donors (Lipinski definition) is 1. The van der Waals surface area contributed by atoms with Crippen LogP contribution >= 0.6 is 0 Å². The predicted molar refractivity (Wildman–Crippen MR) is 112 cm³/mol. The Labute approximate surface area is 148 Å². The summed E-state index contributed by atoms with van der Waals surface area (Å²) in [5, 5.41) is 10.9. The van der Waals surface area contributed by atoms with Gasteiger partial charge in [-0.05, 0) is 6.92 Å². The van der Waals surface area contributed by atoms with E-state index in [0.717, 1.165) is 5.57 Å². The molecule has 0 aliphatic heterocycles. The van der Waals surface area contributed by atoms with Gasteiger partial charge in [0.25, 0.3) is 0 Å². The van der Waals surface area contributed by atoms with Crippen LogP contribution in [0.1, 0.15) is 55.4 Å². The molecule has 0 aromatic rings. The minimum absolute atomic E-state index is 0.152. The maximum atomic E-state index is 10.9. The average molecular weight is 355 g/mol. The third-order valence-electron chi connectivity index (χ3n) is 6.83. The fourth-order valence-electron chi connectivity index (χ4n) is 4.17. The van der Waals surface area contributed by atoms with Gasteiger partial charge in [0, 0.05) is 5.92 Å². The highest BCUT2D eigenvalue weighted by Crippen LogP contribution is 2.41. The summed E-state index contributed by atoms with van der Waals surface area (Å²) in [6, 6.07) is 7.89. The molecule has 0 aliphatic rings. The molecule has 2 atom stereocenters. The largest absolute Gasteiger partial charge is 0.388 e. The van der Waals surface area contributed by atoms with Gasteiger partial charge in [-0.3, -0.25) is 0 Å². The second-order valence-corrected chi connectivity index (χ2v) is 18.3. The monoisotopic (exact) mass is 354 g/mol. The molecule has 0 radical (unpaired) electrons. The normalized spacial score (nSPS) is 15.2. The highest BCUT2D eigenvalue weighted by molar-refractivity contribution is 7.07. The SMILES string of the molecule is C=C(C)[C@@H](C)[C@@H](O)C=C([Si](CC)(CC)CC)[Si](CC)(CC)CC. The molecule has 1 nitrogen and oxygen atoms in total. The van der Waals surface area contributed by atoms with Gasteiger partial charge >= 0.3 is 0 Å². The number of aliphatic hydroxyl groups is 1. The van der Waals surface area contributed by atoms with Crippen LogP contribution in [-0.2, 0) is 0 Å². The molecule has 1 N–H and O–H groups in total. The van der Waals surface area contributed by atoms with E-state index < -0.39 is 16.1 Å². The molecular formula is C20H42OSi2. The van der Waals surface area contributed by atoms with E-state index in [9.17, 15) is 5.11 Å². The van der Waals surface area contributed by atoms with Crippen LogP contribution in [0.2, 0.25) is 36.3 Å². The quantitative estimate of drug-likeness (QED) is 0.328. The van der Waals surface area contributed by atoms with Crippen molar-refractivity contribution in [1.29, 1.82) is 0 Å². The molecule has 0 saturated carbocycles. The summed E-state index contributed by atoms with van der Waals surface area (Å²) < 4.78 is 0. The van der Waals surface area contributed by atoms with Gasteiger partial charge in [0.2, 0.25) is 0 Å². The molecule has 0 rings (SSSR count). The van der Waals surface area contributed by atoms with Crippen LogP contribution in [-0.4, -0.2) is 27.4 Å². The lowest BCUT2D eigenvalue weighted by Crippen LogP contribution is -2.50. The molecule has 136 valence electrons. The molecular weight excluding hydrogens is 312 g/mol. The third kappa shape index (κ3) is 4.93. The molecule has 0 amide bonds. The summed E-state index contributed by atoms with van der Waals surface area (Å²) in [5.41, 5.74) is 1.08. The van der Waals surface area contributed by atoms with Crippen LogP contribution in [0.25, 0.3) is 0 Å². The lowest BCUT2D eigenvalue weighted by Gasteiger charge is -2.44. The van der Waals surface area contributed by atoms with E-state index in [4.69, 9.17) is 0 Å². The van der Waals surface area contributed by atoms with Crippen molar-refractivity contribution in [1.82, 2.24) is 0 Å². The summed E-state index contributed by atoms with van der Waals surface area (Å²) in [6.07, 6.45) is 1.97. The first-order valence-corrected chi connectivity index (χ1v) is 15.0. The lowest BCUT2D eigenvalue weighted by atomic mass is 9.98. The van der Waals surface area contributed by atoms with Gasteiger partial charge in [-0.15, -0.1) is 0 Å². The van der Waals surface area contributed by atoms with Gasteiger partial charge in [-0.1, -0.05) is 108 Å². The molecule has 0 bridgehead atoms. The van der Waals surface area contributed by atoms with E-state index in [1.165, 1.54) is 36.3 Å². The van der Waals surface area contributed by atoms with Gasteiger partial charge in [0.1, 0.15) is 0 Å². The van der Waals surface area contributed by atoms with Crippen molar-refractivity contribution in [2.24, 2.45) is 5.92 Å². The highest BCUT2D eigenvalue weighted by atomic mass is 28.4. The van der Waals surface area contributed by atoms with Crippen LogP contribution in [0.15, 0.2) is 23.0 Å². The lowest BCUT2D eigenvalue weighted by molar-refractivity contribution is 0.180. The Hall–Kier alpha value is -0.126. The van der Waals surface area contributed by atoms with Crippen LogP contribution in [0.5, 0.6) is 0 Å². The number of aliphatic hydroxyl groups excluding tert-OH is 1. The minimum atomic E-state index is -1.46. The van der Waals surface area contributed by atoms with E-state index in [1.807, 2.05) is 6.92 Å². The topological polar surface area (TPSA) is 20.2 Å². The standard InChI is InChI=1S/C20H42OSi2/c1-10-22(11-2,12-3)20(23(13-4,14-5)15-6)16-19(21)18(9)17(7)8/h16,18-19,21H,7,10-15H2,1-6,8-9H3/t18-,19+/m1/s1. The van der Waals surface area contributed by atoms with Gasteiger partial charge in [0.05, 0.1) is 22.3 Å². The van der Waals surface area contributed by atoms with Crippen LogP contribution in [0.4, 0.5) is 0 Å². The first-order valence-electron chi connectivity index (χ1n) is 9.80. The molecule has 0 saturated heterocycles. The molecule has 0 aromatic carbocycles. The average Bonchev–Trinajstić information content (AvgIpc) is 2.57. The third-order valence-corrected chi connectivity index (χ3v) is 20.8. The molecule has 3 heteroatoms. The minimum Gasteiger partial charge on any atom is -0.388 e. The maximum absolute atomic E-state index is 10.9. The van der Waals surface area contributed by atoms with E-state index in [0.29, 0.717) is 0 Å². The van der Waals surface area contributed by atoms with Gasteiger partial charge < -0.3 is 5.11 Å². The maximum Gasteiger partial charge on any atom is 0.0778 e. The van der Waals surface area contributed by atoms with Crippen LogP contribution in [0.3, 0.4) is 0 Å². The molecule has 0 aliphatic carbocycles. The Balaban J connectivity index is 6.25. The second-order valence-electron chi connectivity index (χ2n) is 7.39. The van der Waals surface area contributed by atoms with E-state index in [1.54, 1.807) is 4.82 Å². The summed E-state index contributed by atoms with van der Waals surface area (Å²) in [5.74, 6) is 0.152. The first kappa shape index (κ1) is 22.9. The van der Waals surface area contributed by atoms with Crippen molar-refractivity contribution in [2.45, 2.75) is 97.8 Å². The summed E-state index contributed by atoms with van der Waals surface area (Å²) in [4.78, 5) is 1.78. The Morgan fingerprint density at radius 3 is 1.39 bits per heavy atom. The van der Waals surface area contributed by atoms with Gasteiger partial charge in [-0.25, -0.2) is 0 Å². The van der Waals surface area contributed by atoms with Crippen molar-refractivity contribution in [3.63, 3.8) is 0 Å². The zero-order chi connectivity index (χ0) is 18.3. The zero-order valence-electron chi connectivity index (χ0n) is 17.1. The van der Waals surface area contributed by atoms with Crippen molar-refractivity contribution < 1.29 is 5.11 Å². The second kappa shape index (κ2) is 10.00. The fourth-order valence-corrected chi connectivity index (χ4v) is 18.2. The summed E-state index contributed by atoms with van der Waals surface area (Å²) >= 11 is 0. The summed E-state index contributed by atoms with van der Waals surface area (Å²) in [6.45, 7) is 22.6. The van der Waals surface area contributed by atoms with Crippen molar-refractivity contribution in [3.8, 4) is 0 Å². The first-order chi connectivity index (χ1) is 10.7. The Kier molecular flexibility index (Phi) is 9.94. The highest BCUT2D eigenvalue weighted by Gasteiger charge is 2.43. The van der Waals surface area contributed by atoms with Crippen LogP contribution in [0, 0.1) is 5.92 Å². The van der Waals surface area contributed by atoms with Crippen LogP contribution < -0.4 is 0 Å². The van der Waals surface area contributed by atoms with E-state index in [-0.39, 0.29) is 12.0 Å².